The van der Waals surface area contributed by atoms with Crippen molar-refractivity contribution in [2.75, 3.05) is 31.6 Å². The van der Waals surface area contributed by atoms with Crippen LogP contribution in [-0.4, -0.2) is 41.6 Å². The predicted molar refractivity (Wildman–Crippen MR) is 125 cm³/mol. The molecular formula is C26H33N3O3. The van der Waals surface area contributed by atoms with Crippen LogP contribution in [0.3, 0.4) is 0 Å². The van der Waals surface area contributed by atoms with Crippen molar-refractivity contribution in [2.24, 2.45) is 11.8 Å². The standard InChI is InChI=1S/C26H33N3O3/c30-25(18-32-22-9-5-2-6-10-22)27-23-11-12-24-21-13-20(16-29(24)26(23)31)15-28(17-21)14-19-7-3-1-4-8-19/h2,5-6,9-12,19-21H,1,3-4,7-8,13-18H2,(H,27,30)/t20-,21+/m0/s1. The van der Waals surface area contributed by atoms with Crippen LogP contribution in [-0.2, 0) is 11.3 Å². The number of rotatable bonds is 6. The minimum Gasteiger partial charge on any atom is -0.484 e. The summed E-state index contributed by atoms with van der Waals surface area (Å²) in [6, 6.07) is 13.0. The second-order valence-corrected chi connectivity index (χ2v) is 9.76. The summed E-state index contributed by atoms with van der Waals surface area (Å²) in [4.78, 5) is 28.1. The van der Waals surface area contributed by atoms with E-state index in [2.05, 4.69) is 10.2 Å². The zero-order chi connectivity index (χ0) is 21.9. The lowest BCUT2D eigenvalue weighted by atomic mass is 9.81. The van der Waals surface area contributed by atoms with Crippen LogP contribution in [0.4, 0.5) is 5.69 Å². The minimum absolute atomic E-state index is 0.0917. The molecule has 1 saturated heterocycles. The third kappa shape index (κ3) is 4.75. The molecule has 3 aliphatic rings. The lowest BCUT2D eigenvalue weighted by Crippen LogP contribution is -2.48. The van der Waals surface area contributed by atoms with Gasteiger partial charge in [0.05, 0.1) is 0 Å². The quantitative estimate of drug-likeness (QED) is 0.748. The summed E-state index contributed by atoms with van der Waals surface area (Å²) in [5, 5.41) is 2.75. The van der Waals surface area contributed by atoms with Crippen molar-refractivity contribution in [3.8, 4) is 5.75 Å². The van der Waals surface area contributed by atoms with Crippen LogP contribution in [0.25, 0.3) is 0 Å². The molecule has 0 unspecified atom stereocenters. The van der Waals surface area contributed by atoms with E-state index in [-0.39, 0.29) is 18.1 Å². The normalized spacial score (nSPS) is 23.4. The fraction of sp³-hybridized carbons (Fsp3) is 0.538. The molecule has 6 heteroatoms. The highest BCUT2D eigenvalue weighted by Crippen LogP contribution is 2.36. The van der Waals surface area contributed by atoms with E-state index in [1.165, 1.54) is 38.6 Å². The van der Waals surface area contributed by atoms with Crippen molar-refractivity contribution in [2.45, 2.75) is 51.0 Å². The van der Waals surface area contributed by atoms with Crippen LogP contribution in [0.1, 0.15) is 50.1 Å². The van der Waals surface area contributed by atoms with E-state index < -0.39 is 0 Å². The van der Waals surface area contributed by atoms with Crippen molar-refractivity contribution in [3.05, 3.63) is 58.5 Å². The Morgan fingerprint density at radius 2 is 1.81 bits per heavy atom. The number of benzene rings is 1. The molecule has 2 atom stereocenters. The molecule has 3 heterocycles. The minimum atomic E-state index is -0.318. The topological polar surface area (TPSA) is 63.6 Å². The van der Waals surface area contributed by atoms with Crippen LogP contribution in [0, 0.1) is 11.8 Å². The van der Waals surface area contributed by atoms with Crippen molar-refractivity contribution in [3.63, 3.8) is 0 Å². The molecular weight excluding hydrogens is 402 g/mol. The summed E-state index contributed by atoms with van der Waals surface area (Å²) in [6.07, 6.45) is 8.08. The molecule has 2 aromatic rings. The predicted octanol–water partition coefficient (Wildman–Crippen LogP) is 3.87. The maximum atomic E-state index is 13.1. The fourth-order valence-electron chi connectivity index (χ4n) is 5.88. The number of ether oxygens (including phenoxy) is 1. The van der Waals surface area contributed by atoms with Gasteiger partial charge >= 0.3 is 0 Å². The molecule has 1 aromatic carbocycles. The number of amides is 1. The second-order valence-electron chi connectivity index (χ2n) is 9.76. The van der Waals surface area contributed by atoms with E-state index >= 15 is 0 Å². The van der Waals surface area contributed by atoms with Crippen LogP contribution in [0.15, 0.2) is 47.3 Å². The molecule has 1 N–H and O–H groups in total. The van der Waals surface area contributed by atoms with Gasteiger partial charge in [-0.1, -0.05) is 37.5 Å². The Hall–Kier alpha value is -2.60. The summed E-state index contributed by atoms with van der Waals surface area (Å²) >= 11 is 0. The van der Waals surface area contributed by atoms with Gasteiger partial charge in [-0.15, -0.1) is 0 Å². The van der Waals surface area contributed by atoms with Gasteiger partial charge in [0.2, 0.25) is 0 Å². The maximum absolute atomic E-state index is 13.1. The molecule has 2 bridgehead atoms. The van der Waals surface area contributed by atoms with Gasteiger partial charge in [0.1, 0.15) is 11.4 Å². The average Bonchev–Trinajstić information content (AvgIpc) is 2.81. The molecule has 1 aliphatic carbocycles. The number of hydrogen-bond donors (Lipinski definition) is 1. The second kappa shape index (κ2) is 9.49. The van der Waals surface area contributed by atoms with E-state index in [0.717, 1.165) is 37.7 Å². The number of pyridine rings is 1. The van der Waals surface area contributed by atoms with E-state index in [1.807, 2.05) is 28.8 Å². The van der Waals surface area contributed by atoms with E-state index in [4.69, 9.17) is 4.74 Å². The Morgan fingerprint density at radius 1 is 1.00 bits per heavy atom. The smallest absolute Gasteiger partial charge is 0.274 e. The zero-order valence-corrected chi connectivity index (χ0v) is 18.7. The first-order valence-corrected chi connectivity index (χ1v) is 12.1. The van der Waals surface area contributed by atoms with Crippen molar-refractivity contribution >= 4 is 11.6 Å². The van der Waals surface area contributed by atoms with Gasteiger partial charge in [0.15, 0.2) is 6.61 Å². The molecule has 6 nitrogen and oxygen atoms in total. The maximum Gasteiger partial charge on any atom is 0.274 e. The van der Waals surface area contributed by atoms with Crippen LogP contribution < -0.4 is 15.6 Å². The Bertz CT molecular complexity index is 997. The summed E-state index contributed by atoms with van der Waals surface area (Å²) in [5.74, 6) is 2.08. The first kappa shape index (κ1) is 21.3. The monoisotopic (exact) mass is 435 g/mol. The Balaban J connectivity index is 1.23. The summed E-state index contributed by atoms with van der Waals surface area (Å²) in [5.41, 5.74) is 1.37. The van der Waals surface area contributed by atoms with Gasteiger partial charge in [0, 0.05) is 37.8 Å². The summed E-state index contributed by atoms with van der Waals surface area (Å²) in [7, 11) is 0. The number of carbonyl (C=O) groups excluding carboxylic acids is 1. The third-order valence-electron chi connectivity index (χ3n) is 7.31. The molecule has 5 rings (SSSR count). The van der Waals surface area contributed by atoms with Gasteiger partial charge in [-0.3, -0.25) is 9.59 Å². The van der Waals surface area contributed by atoms with Gasteiger partial charge in [-0.2, -0.15) is 0 Å². The van der Waals surface area contributed by atoms with Gasteiger partial charge < -0.3 is 19.5 Å². The molecule has 0 spiro atoms. The highest BCUT2D eigenvalue weighted by Gasteiger charge is 2.35. The lowest BCUT2D eigenvalue weighted by Gasteiger charge is -2.44. The van der Waals surface area contributed by atoms with Crippen LogP contribution in [0.2, 0.25) is 0 Å². The number of fused-ring (bicyclic) bond motifs is 4. The number of nitrogens with zero attached hydrogens (tertiary/aromatic N) is 2. The summed E-state index contributed by atoms with van der Waals surface area (Å²) in [6.45, 7) is 3.97. The van der Waals surface area contributed by atoms with Crippen molar-refractivity contribution < 1.29 is 9.53 Å². The average molecular weight is 436 g/mol. The molecule has 1 aromatic heterocycles. The third-order valence-corrected chi connectivity index (χ3v) is 7.31. The number of anilines is 1. The number of piperidine rings is 1. The largest absolute Gasteiger partial charge is 0.484 e. The highest BCUT2D eigenvalue weighted by molar-refractivity contribution is 5.91. The molecule has 2 aliphatic heterocycles. The molecule has 32 heavy (non-hydrogen) atoms. The molecule has 1 amide bonds. The number of likely N-dealkylation sites (tertiary alicyclic amines) is 1. The van der Waals surface area contributed by atoms with Crippen molar-refractivity contribution in [1.29, 1.82) is 0 Å². The van der Waals surface area contributed by atoms with Crippen LogP contribution in [0.5, 0.6) is 5.75 Å². The van der Waals surface area contributed by atoms with Gasteiger partial charge in [-0.05, 0) is 55.4 Å². The number of nitrogens with one attached hydrogen (secondary N) is 1. The number of carbonyl (C=O) groups is 1. The van der Waals surface area contributed by atoms with Gasteiger partial charge in [-0.25, -0.2) is 0 Å². The fourth-order valence-corrected chi connectivity index (χ4v) is 5.88. The van der Waals surface area contributed by atoms with Crippen molar-refractivity contribution in [1.82, 2.24) is 9.47 Å². The SMILES string of the molecule is O=C(COc1ccccc1)Nc1ccc2n(c1=O)C[C@H]1C[C@@H]2CN(CC2CCCCC2)C1. The molecule has 2 fully saturated rings. The molecule has 0 radical (unpaired) electrons. The van der Waals surface area contributed by atoms with E-state index in [9.17, 15) is 9.59 Å². The Kier molecular flexibility index (Phi) is 6.30. The first-order chi connectivity index (χ1) is 15.7. The van der Waals surface area contributed by atoms with E-state index in [1.54, 1.807) is 18.2 Å². The van der Waals surface area contributed by atoms with E-state index in [0.29, 0.717) is 23.3 Å². The summed E-state index contributed by atoms with van der Waals surface area (Å²) < 4.78 is 7.41. The Labute approximate surface area is 189 Å². The number of hydrogen-bond acceptors (Lipinski definition) is 4. The number of aromatic nitrogens is 1. The first-order valence-electron chi connectivity index (χ1n) is 12.1. The lowest BCUT2D eigenvalue weighted by molar-refractivity contribution is -0.118. The number of para-hydroxylation sites is 1. The molecule has 170 valence electrons. The van der Waals surface area contributed by atoms with Gasteiger partial charge in [0.25, 0.3) is 11.5 Å². The zero-order valence-electron chi connectivity index (χ0n) is 18.7. The van der Waals surface area contributed by atoms with Crippen LogP contribution >= 0.6 is 0 Å². The highest BCUT2D eigenvalue weighted by atomic mass is 16.5. The Morgan fingerprint density at radius 3 is 2.62 bits per heavy atom. The molecule has 1 saturated carbocycles.